The van der Waals surface area contributed by atoms with Gasteiger partial charge in [-0.1, -0.05) is 0 Å². The van der Waals surface area contributed by atoms with Crippen LogP contribution in [0.15, 0.2) is 0 Å². The first kappa shape index (κ1) is 14.5. The molecule has 1 saturated carbocycles. The fraction of sp³-hybridized carbons (Fsp3) is 0.929. The molecule has 1 aliphatic carbocycles. The average molecular weight is 275 g/mol. The Balaban J connectivity index is 1.88. The Labute approximate surface area is 113 Å². The zero-order valence-corrected chi connectivity index (χ0v) is 12.0. The standard InChI is InChI=1S/C14H23F2NO2/c1-12(2,3)19-11(18)17-8-6-13(7-9-17)4-5-14(15,16)10-13/h4-10H2,1-3H3. The van der Waals surface area contributed by atoms with E-state index in [9.17, 15) is 13.6 Å². The van der Waals surface area contributed by atoms with Crippen molar-refractivity contribution in [3.05, 3.63) is 0 Å². The maximum atomic E-state index is 13.3. The van der Waals surface area contributed by atoms with E-state index in [0.717, 1.165) is 0 Å². The number of ether oxygens (including phenoxy) is 1. The second-order valence-electron chi connectivity index (χ2n) is 7.00. The second kappa shape index (κ2) is 4.60. The number of alkyl halides is 2. The number of nitrogens with zero attached hydrogens (tertiary/aromatic N) is 1. The van der Waals surface area contributed by atoms with Crippen molar-refractivity contribution in [3.8, 4) is 0 Å². The predicted molar refractivity (Wildman–Crippen MR) is 68.3 cm³/mol. The Kier molecular flexibility index (Phi) is 3.52. The van der Waals surface area contributed by atoms with Crippen LogP contribution in [-0.4, -0.2) is 35.6 Å². The minimum Gasteiger partial charge on any atom is -0.444 e. The van der Waals surface area contributed by atoms with E-state index in [-0.39, 0.29) is 24.3 Å². The van der Waals surface area contributed by atoms with Crippen molar-refractivity contribution in [2.75, 3.05) is 13.1 Å². The normalized spacial score (nSPS) is 25.6. The van der Waals surface area contributed by atoms with Crippen molar-refractivity contribution in [1.29, 1.82) is 0 Å². The SMILES string of the molecule is CC(C)(C)OC(=O)N1CCC2(CC1)CCC(F)(F)C2. The van der Waals surface area contributed by atoms with Crippen molar-refractivity contribution >= 4 is 6.09 Å². The van der Waals surface area contributed by atoms with Gasteiger partial charge in [-0.25, -0.2) is 13.6 Å². The molecule has 1 aliphatic heterocycles. The van der Waals surface area contributed by atoms with Gasteiger partial charge < -0.3 is 9.64 Å². The minimum atomic E-state index is -2.51. The topological polar surface area (TPSA) is 29.5 Å². The van der Waals surface area contributed by atoms with Gasteiger partial charge in [0.25, 0.3) is 0 Å². The van der Waals surface area contributed by atoms with Crippen LogP contribution in [0, 0.1) is 5.41 Å². The van der Waals surface area contributed by atoms with E-state index in [1.54, 1.807) is 4.90 Å². The maximum Gasteiger partial charge on any atom is 0.410 e. The Morgan fingerprint density at radius 1 is 1.11 bits per heavy atom. The zero-order valence-electron chi connectivity index (χ0n) is 12.0. The molecule has 0 N–H and O–H groups in total. The highest BCUT2D eigenvalue weighted by Gasteiger charge is 2.50. The van der Waals surface area contributed by atoms with Gasteiger partial charge in [0.15, 0.2) is 0 Å². The Hall–Kier alpha value is -0.870. The monoisotopic (exact) mass is 275 g/mol. The summed E-state index contributed by atoms with van der Waals surface area (Å²) in [6.45, 7) is 6.55. The van der Waals surface area contributed by atoms with Crippen LogP contribution in [0.4, 0.5) is 13.6 Å². The molecule has 0 aromatic heterocycles. The lowest BCUT2D eigenvalue weighted by Crippen LogP contribution is -2.44. The summed E-state index contributed by atoms with van der Waals surface area (Å²) in [4.78, 5) is 13.5. The van der Waals surface area contributed by atoms with Crippen LogP contribution in [-0.2, 0) is 4.74 Å². The molecule has 0 aromatic rings. The third kappa shape index (κ3) is 3.57. The van der Waals surface area contributed by atoms with E-state index in [4.69, 9.17) is 4.74 Å². The lowest BCUT2D eigenvalue weighted by atomic mass is 9.77. The fourth-order valence-electron chi connectivity index (χ4n) is 3.09. The van der Waals surface area contributed by atoms with Crippen molar-refractivity contribution in [3.63, 3.8) is 0 Å². The molecule has 110 valence electrons. The number of piperidine rings is 1. The van der Waals surface area contributed by atoms with Gasteiger partial charge in [0, 0.05) is 25.9 Å². The van der Waals surface area contributed by atoms with E-state index in [1.165, 1.54) is 0 Å². The van der Waals surface area contributed by atoms with Crippen molar-refractivity contribution in [2.24, 2.45) is 5.41 Å². The molecule has 2 fully saturated rings. The molecular formula is C14H23F2NO2. The highest BCUT2D eigenvalue weighted by molar-refractivity contribution is 5.68. The highest BCUT2D eigenvalue weighted by Crippen LogP contribution is 2.52. The number of likely N-dealkylation sites (tertiary alicyclic amines) is 1. The van der Waals surface area contributed by atoms with Crippen LogP contribution in [0.25, 0.3) is 0 Å². The van der Waals surface area contributed by atoms with E-state index in [2.05, 4.69) is 0 Å². The van der Waals surface area contributed by atoms with E-state index < -0.39 is 11.5 Å². The maximum absolute atomic E-state index is 13.3. The van der Waals surface area contributed by atoms with Crippen LogP contribution in [0.3, 0.4) is 0 Å². The number of rotatable bonds is 0. The van der Waals surface area contributed by atoms with Crippen LogP contribution < -0.4 is 0 Å². The molecule has 0 radical (unpaired) electrons. The van der Waals surface area contributed by atoms with Gasteiger partial charge in [0.1, 0.15) is 5.60 Å². The molecule has 0 unspecified atom stereocenters. The summed E-state index contributed by atoms with van der Waals surface area (Å²) >= 11 is 0. The molecule has 1 saturated heterocycles. The van der Waals surface area contributed by atoms with Gasteiger partial charge in [-0.05, 0) is 45.4 Å². The van der Waals surface area contributed by atoms with Crippen LogP contribution in [0.2, 0.25) is 0 Å². The van der Waals surface area contributed by atoms with Crippen molar-refractivity contribution < 1.29 is 18.3 Å². The molecule has 5 heteroatoms. The summed E-state index contributed by atoms with van der Waals surface area (Å²) < 4.78 is 32.0. The summed E-state index contributed by atoms with van der Waals surface area (Å²) in [5.41, 5.74) is -0.755. The molecule has 1 heterocycles. The van der Waals surface area contributed by atoms with Gasteiger partial charge in [0.05, 0.1) is 0 Å². The number of carbonyl (C=O) groups excluding carboxylic acids is 1. The first-order valence-corrected chi connectivity index (χ1v) is 6.97. The van der Waals surface area contributed by atoms with E-state index >= 15 is 0 Å². The smallest absolute Gasteiger partial charge is 0.410 e. The van der Waals surface area contributed by atoms with Crippen LogP contribution in [0.1, 0.15) is 52.9 Å². The van der Waals surface area contributed by atoms with Gasteiger partial charge in [-0.2, -0.15) is 0 Å². The molecule has 0 bridgehead atoms. The number of hydrogen-bond donors (Lipinski definition) is 0. The summed E-state index contributed by atoms with van der Waals surface area (Å²) in [6.07, 6.45) is 1.58. The van der Waals surface area contributed by atoms with Crippen LogP contribution >= 0.6 is 0 Å². The largest absolute Gasteiger partial charge is 0.444 e. The molecule has 2 aliphatic rings. The van der Waals surface area contributed by atoms with Gasteiger partial charge in [-0.3, -0.25) is 0 Å². The quantitative estimate of drug-likeness (QED) is 0.672. The molecule has 0 atom stereocenters. The zero-order chi connectivity index (χ0) is 14.3. The molecule has 2 rings (SSSR count). The third-order valence-electron chi connectivity index (χ3n) is 4.13. The predicted octanol–water partition coefficient (Wildman–Crippen LogP) is 3.82. The third-order valence-corrected chi connectivity index (χ3v) is 4.13. The Bertz CT molecular complexity index is 355. The number of hydrogen-bond acceptors (Lipinski definition) is 2. The fourth-order valence-corrected chi connectivity index (χ4v) is 3.09. The lowest BCUT2D eigenvalue weighted by molar-refractivity contribution is -0.0178. The molecule has 3 nitrogen and oxygen atoms in total. The number of halogens is 2. The Morgan fingerprint density at radius 3 is 2.11 bits per heavy atom. The average Bonchev–Trinajstić information content (AvgIpc) is 2.53. The van der Waals surface area contributed by atoms with Gasteiger partial charge in [0.2, 0.25) is 5.92 Å². The molecule has 1 spiro atoms. The summed E-state index contributed by atoms with van der Waals surface area (Å²) in [6, 6.07) is 0. The molecule has 1 amide bonds. The first-order valence-electron chi connectivity index (χ1n) is 6.97. The van der Waals surface area contributed by atoms with Gasteiger partial charge in [-0.15, -0.1) is 0 Å². The second-order valence-corrected chi connectivity index (χ2v) is 7.00. The van der Waals surface area contributed by atoms with E-state index in [0.29, 0.717) is 32.4 Å². The highest BCUT2D eigenvalue weighted by atomic mass is 19.3. The molecule has 19 heavy (non-hydrogen) atoms. The Morgan fingerprint density at radius 2 is 1.68 bits per heavy atom. The van der Waals surface area contributed by atoms with E-state index in [1.807, 2.05) is 20.8 Å². The van der Waals surface area contributed by atoms with Gasteiger partial charge >= 0.3 is 6.09 Å². The first-order chi connectivity index (χ1) is 8.61. The summed E-state index contributed by atoms with van der Waals surface area (Å²) in [7, 11) is 0. The summed E-state index contributed by atoms with van der Waals surface area (Å²) in [5.74, 6) is -2.51. The van der Waals surface area contributed by atoms with Crippen molar-refractivity contribution in [2.45, 2.75) is 64.4 Å². The number of carbonyl (C=O) groups is 1. The lowest BCUT2D eigenvalue weighted by Gasteiger charge is -2.39. The summed E-state index contributed by atoms with van der Waals surface area (Å²) in [5, 5.41) is 0. The molecular weight excluding hydrogens is 252 g/mol. The minimum absolute atomic E-state index is 0.000558. The number of amides is 1. The van der Waals surface area contributed by atoms with Crippen molar-refractivity contribution in [1.82, 2.24) is 4.90 Å². The van der Waals surface area contributed by atoms with Crippen LogP contribution in [0.5, 0.6) is 0 Å². The molecule has 0 aromatic carbocycles.